The summed E-state index contributed by atoms with van der Waals surface area (Å²) in [6.07, 6.45) is 11.3. The van der Waals surface area contributed by atoms with Crippen LogP contribution >= 0.6 is 0 Å². The van der Waals surface area contributed by atoms with E-state index in [0.29, 0.717) is 12.2 Å². The minimum atomic E-state index is -1.05. The fourth-order valence-corrected chi connectivity index (χ4v) is 5.38. The molecule has 1 aliphatic carbocycles. The fourth-order valence-electron chi connectivity index (χ4n) is 5.38. The Morgan fingerprint density at radius 2 is 1.76 bits per heavy atom. The molecule has 188 valence electrons. The number of aromatic nitrogens is 2. The average molecular weight is 473 g/mol. The van der Waals surface area contributed by atoms with Crippen molar-refractivity contribution in [3.05, 3.63) is 17.5 Å². The molecule has 2 aliphatic heterocycles. The zero-order chi connectivity index (χ0) is 24.1. The highest BCUT2D eigenvalue weighted by atomic mass is 16.2. The third-order valence-electron chi connectivity index (χ3n) is 7.80. The molecule has 0 spiro atoms. The lowest BCUT2D eigenvalue weighted by Crippen LogP contribution is -2.63. The molecule has 1 saturated heterocycles. The molecule has 1 atom stereocenters. The number of piperidine rings is 1. The van der Waals surface area contributed by atoms with Gasteiger partial charge in [0.2, 0.25) is 5.91 Å². The Bertz CT molecular complexity index is 885. The van der Waals surface area contributed by atoms with E-state index in [1.807, 2.05) is 0 Å². The number of amides is 3. The lowest BCUT2D eigenvalue weighted by Gasteiger charge is -2.41. The van der Waals surface area contributed by atoms with Gasteiger partial charge in [-0.05, 0) is 58.7 Å². The molecule has 3 amide bonds. The van der Waals surface area contributed by atoms with E-state index in [-0.39, 0.29) is 36.0 Å². The first kappa shape index (κ1) is 24.7. The van der Waals surface area contributed by atoms with Crippen molar-refractivity contribution in [1.82, 2.24) is 30.2 Å². The zero-order valence-corrected chi connectivity index (χ0v) is 20.8. The van der Waals surface area contributed by atoms with E-state index >= 15 is 0 Å². The molecule has 1 saturated carbocycles. The van der Waals surface area contributed by atoms with Crippen molar-refractivity contribution in [1.29, 1.82) is 0 Å². The quantitative estimate of drug-likeness (QED) is 0.468. The number of carbonyl (C=O) groups is 3. The van der Waals surface area contributed by atoms with Crippen LogP contribution in [0.4, 0.5) is 0 Å². The molecule has 0 aromatic carbocycles. The first-order valence-electron chi connectivity index (χ1n) is 13.1. The number of hydrogen-bond donors (Lipinski definition) is 2. The van der Waals surface area contributed by atoms with E-state index < -0.39 is 5.54 Å². The van der Waals surface area contributed by atoms with Gasteiger partial charge in [-0.3, -0.25) is 19.1 Å². The van der Waals surface area contributed by atoms with Crippen LogP contribution in [0.2, 0.25) is 0 Å². The standard InChI is InChI=1S/C25H40N6O3/c1-25(24(34)27-19-11-6-3-4-7-12-19)18-31-21(23(33)29(25)2)17-20(28-31)22(32)26-13-10-16-30-14-8-5-9-15-30/h17,19H,3-16,18H2,1-2H3,(H,26,32)(H,27,34)/t25-/m1/s1. The van der Waals surface area contributed by atoms with Crippen LogP contribution in [-0.2, 0) is 11.3 Å². The summed E-state index contributed by atoms with van der Waals surface area (Å²) < 4.78 is 1.53. The highest BCUT2D eigenvalue weighted by molar-refractivity contribution is 6.01. The first-order valence-corrected chi connectivity index (χ1v) is 13.1. The molecule has 1 aromatic heterocycles. The van der Waals surface area contributed by atoms with Gasteiger partial charge >= 0.3 is 0 Å². The van der Waals surface area contributed by atoms with Gasteiger partial charge in [0, 0.05) is 25.7 Å². The molecule has 9 nitrogen and oxygen atoms in total. The maximum Gasteiger partial charge on any atom is 0.272 e. The lowest BCUT2D eigenvalue weighted by molar-refractivity contribution is -0.133. The summed E-state index contributed by atoms with van der Waals surface area (Å²) in [6.45, 7) is 5.85. The number of likely N-dealkylation sites (tertiary alicyclic amines) is 1. The highest BCUT2D eigenvalue weighted by Gasteiger charge is 2.46. The number of carbonyl (C=O) groups excluding carboxylic acids is 3. The lowest BCUT2D eigenvalue weighted by atomic mass is 9.95. The van der Waals surface area contributed by atoms with Gasteiger partial charge in [0.1, 0.15) is 11.2 Å². The molecule has 9 heteroatoms. The summed E-state index contributed by atoms with van der Waals surface area (Å²) in [7, 11) is 1.66. The predicted octanol–water partition coefficient (Wildman–Crippen LogP) is 2.17. The van der Waals surface area contributed by atoms with Gasteiger partial charge in [0.05, 0.1) is 6.54 Å². The second kappa shape index (κ2) is 10.9. The van der Waals surface area contributed by atoms with Gasteiger partial charge in [-0.2, -0.15) is 5.10 Å². The number of rotatable bonds is 7. The molecule has 2 fully saturated rings. The summed E-state index contributed by atoms with van der Waals surface area (Å²) >= 11 is 0. The molecular weight excluding hydrogens is 432 g/mol. The van der Waals surface area contributed by atoms with Crippen LogP contribution in [0.25, 0.3) is 0 Å². The Morgan fingerprint density at radius 1 is 1.09 bits per heavy atom. The molecule has 3 heterocycles. The molecule has 34 heavy (non-hydrogen) atoms. The largest absolute Gasteiger partial charge is 0.351 e. The predicted molar refractivity (Wildman–Crippen MR) is 130 cm³/mol. The van der Waals surface area contributed by atoms with Crippen molar-refractivity contribution in [3.8, 4) is 0 Å². The molecule has 0 bridgehead atoms. The van der Waals surface area contributed by atoms with Gasteiger partial charge in [-0.25, -0.2) is 0 Å². The second-order valence-electron chi connectivity index (χ2n) is 10.4. The highest BCUT2D eigenvalue weighted by Crippen LogP contribution is 2.27. The SMILES string of the molecule is CN1C(=O)c2cc(C(=O)NCCCN3CCCCC3)nn2C[C@]1(C)C(=O)NC1CCCCCC1. The van der Waals surface area contributed by atoms with E-state index in [4.69, 9.17) is 0 Å². The average Bonchev–Trinajstić information content (AvgIpc) is 3.09. The van der Waals surface area contributed by atoms with Crippen LogP contribution in [0.3, 0.4) is 0 Å². The summed E-state index contributed by atoms with van der Waals surface area (Å²) in [6, 6.07) is 1.70. The van der Waals surface area contributed by atoms with E-state index in [1.54, 1.807) is 20.0 Å². The Labute approximate surface area is 202 Å². The number of hydrogen-bond acceptors (Lipinski definition) is 5. The molecule has 2 N–H and O–H groups in total. The summed E-state index contributed by atoms with van der Waals surface area (Å²) in [5, 5.41) is 10.5. The Hall–Kier alpha value is -2.42. The summed E-state index contributed by atoms with van der Waals surface area (Å²) in [5.41, 5.74) is -0.478. The molecule has 0 unspecified atom stereocenters. The van der Waals surface area contributed by atoms with Crippen LogP contribution in [0, 0.1) is 0 Å². The van der Waals surface area contributed by atoms with Gasteiger partial charge in [-0.15, -0.1) is 0 Å². The number of fused-ring (bicyclic) bond motifs is 1. The fraction of sp³-hybridized carbons (Fsp3) is 0.760. The van der Waals surface area contributed by atoms with Gasteiger partial charge in [0.15, 0.2) is 5.69 Å². The molecule has 0 radical (unpaired) electrons. The smallest absolute Gasteiger partial charge is 0.272 e. The number of likely N-dealkylation sites (N-methyl/N-ethyl adjacent to an activating group) is 1. The Morgan fingerprint density at radius 3 is 2.47 bits per heavy atom. The van der Waals surface area contributed by atoms with Crippen molar-refractivity contribution in [3.63, 3.8) is 0 Å². The molecule has 3 aliphatic rings. The van der Waals surface area contributed by atoms with Gasteiger partial charge in [-0.1, -0.05) is 32.1 Å². The van der Waals surface area contributed by atoms with Crippen molar-refractivity contribution in [2.24, 2.45) is 0 Å². The van der Waals surface area contributed by atoms with Gasteiger partial charge < -0.3 is 20.4 Å². The van der Waals surface area contributed by atoms with Crippen LogP contribution in [-0.4, -0.2) is 82.1 Å². The Kier molecular flexibility index (Phi) is 7.91. The molecule has 4 rings (SSSR count). The second-order valence-corrected chi connectivity index (χ2v) is 10.4. The van der Waals surface area contributed by atoms with E-state index in [2.05, 4.69) is 20.6 Å². The van der Waals surface area contributed by atoms with Crippen molar-refractivity contribution in [2.75, 3.05) is 33.2 Å². The van der Waals surface area contributed by atoms with Crippen molar-refractivity contribution < 1.29 is 14.4 Å². The monoisotopic (exact) mass is 472 g/mol. The van der Waals surface area contributed by atoms with Crippen LogP contribution in [0.15, 0.2) is 6.07 Å². The molecule has 1 aromatic rings. The van der Waals surface area contributed by atoms with Crippen LogP contribution < -0.4 is 10.6 Å². The maximum absolute atomic E-state index is 13.3. The topological polar surface area (TPSA) is 99.6 Å². The minimum Gasteiger partial charge on any atom is -0.351 e. The maximum atomic E-state index is 13.3. The van der Waals surface area contributed by atoms with E-state index in [1.165, 1.54) is 41.7 Å². The normalized spacial score (nSPS) is 24.4. The van der Waals surface area contributed by atoms with E-state index in [0.717, 1.165) is 51.7 Å². The van der Waals surface area contributed by atoms with Crippen molar-refractivity contribution in [2.45, 2.75) is 89.3 Å². The minimum absolute atomic E-state index is 0.153. The van der Waals surface area contributed by atoms with Crippen LogP contribution in [0.1, 0.15) is 92.1 Å². The first-order chi connectivity index (χ1) is 16.4. The summed E-state index contributed by atoms with van der Waals surface area (Å²) in [4.78, 5) is 43.0. The van der Waals surface area contributed by atoms with Crippen LogP contribution in [0.5, 0.6) is 0 Å². The number of nitrogens with one attached hydrogen (secondary N) is 2. The van der Waals surface area contributed by atoms with Crippen molar-refractivity contribution >= 4 is 17.7 Å². The van der Waals surface area contributed by atoms with E-state index in [9.17, 15) is 14.4 Å². The number of nitrogens with zero attached hydrogens (tertiary/aromatic N) is 4. The third kappa shape index (κ3) is 5.45. The summed E-state index contributed by atoms with van der Waals surface area (Å²) in [5.74, 6) is -0.720. The molecular formula is C25H40N6O3. The zero-order valence-electron chi connectivity index (χ0n) is 20.8. The third-order valence-corrected chi connectivity index (χ3v) is 7.80. The van der Waals surface area contributed by atoms with Gasteiger partial charge in [0.25, 0.3) is 11.8 Å². The Balaban J connectivity index is 1.36.